The van der Waals surface area contributed by atoms with Crippen LogP contribution in [0.5, 0.6) is 6.01 Å². The number of methoxy groups -OCH3 is 1. The Balaban J connectivity index is 1.64. The highest BCUT2D eigenvalue weighted by Gasteiger charge is 2.40. The van der Waals surface area contributed by atoms with E-state index in [2.05, 4.69) is 31.8 Å². The number of carbonyl (C=O) groups excluding carboxylic acids is 1. The Morgan fingerprint density at radius 1 is 1.30 bits per heavy atom. The van der Waals surface area contributed by atoms with Crippen LogP contribution in [0.2, 0.25) is 0 Å². The number of hydrogen-bond donors (Lipinski definition) is 2. The molecule has 2 N–H and O–H groups in total. The van der Waals surface area contributed by atoms with Crippen molar-refractivity contribution in [2.45, 2.75) is 13.2 Å². The fourth-order valence-corrected chi connectivity index (χ4v) is 3.36. The summed E-state index contributed by atoms with van der Waals surface area (Å²) in [6.07, 6.45) is 2.36. The van der Waals surface area contributed by atoms with E-state index in [4.69, 9.17) is 14.2 Å². The van der Waals surface area contributed by atoms with Gasteiger partial charge in [-0.2, -0.15) is 4.98 Å². The number of hydrogen-bond acceptors (Lipinski definition) is 7. The lowest BCUT2D eigenvalue weighted by molar-refractivity contribution is -0.230. The van der Waals surface area contributed by atoms with Crippen LogP contribution in [0.3, 0.4) is 0 Å². The Kier molecular flexibility index (Phi) is 6.47. The molecule has 0 aliphatic carbocycles. The molecule has 1 aliphatic rings. The van der Waals surface area contributed by atoms with E-state index in [-0.39, 0.29) is 30.9 Å². The van der Waals surface area contributed by atoms with Crippen molar-refractivity contribution in [3.63, 3.8) is 0 Å². The molecule has 1 amide bonds. The van der Waals surface area contributed by atoms with Crippen molar-refractivity contribution in [2.75, 3.05) is 26.9 Å². The monoisotopic (exact) mass is 453 g/mol. The van der Waals surface area contributed by atoms with Gasteiger partial charge in [-0.15, -0.1) is 6.58 Å². The average molecular weight is 453 g/mol. The number of imidazole rings is 1. The maximum Gasteiger partial charge on any atom is 0.316 e. The van der Waals surface area contributed by atoms with E-state index in [9.17, 15) is 9.18 Å². The molecule has 0 spiro atoms. The van der Waals surface area contributed by atoms with Crippen LogP contribution in [0.4, 0.5) is 4.39 Å². The van der Waals surface area contributed by atoms with Gasteiger partial charge in [-0.05, 0) is 37.3 Å². The number of ether oxygens (including phenoxy) is 3. The lowest BCUT2D eigenvalue weighted by atomic mass is 9.91. The van der Waals surface area contributed by atoms with Gasteiger partial charge < -0.3 is 24.5 Å². The smallest absolute Gasteiger partial charge is 0.316 e. The molecule has 1 saturated heterocycles. The highest BCUT2D eigenvalue weighted by Crippen LogP contribution is 2.35. The molecular weight excluding hydrogens is 429 g/mol. The van der Waals surface area contributed by atoms with Crippen LogP contribution in [0.1, 0.15) is 19.0 Å². The molecule has 1 fully saturated rings. The number of aromatic nitrogens is 4. The van der Waals surface area contributed by atoms with E-state index < -0.39 is 11.7 Å². The third kappa shape index (κ3) is 4.76. The molecule has 0 saturated carbocycles. The van der Waals surface area contributed by atoms with Crippen molar-refractivity contribution in [2.24, 2.45) is 5.41 Å². The lowest BCUT2D eigenvalue weighted by Crippen LogP contribution is -2.48. The highest BCUT2D eigenvalue weighted by molar-refractivity contribution is 5.82. The van der Waals surface area contributed by atoms with Crippen LogP contribution in [-0.4, -0.2) is 52.7 Å². The first kappa shape index (κ1) is 22.6. The number of aromatic amines is 1. The molecule has 1 aromatic carbocycles. The Morgan fingerprint density at radius 3 is 2.70 bits per heavy atom. The molecule has 1 aliphatic heterocycles. The summed E-state index contributed by atoms with van der Waals surface area (Å²) in [7, 11) is 1.48. The molecule has 10 heteroatoms. The molecule has 33 heavy (non-hydrogen) atoms. The largest absolute Gasteiger partial charge is 0.467 e. The van der Waals surface area contributed by atoms with Crippen LogP contribution >= 0.6 is 0 Å². The molecule has 3 heterocycles. The van der Waals surface area contributed by atoms with E-state index in [0.717, 1.165) is 0 Å². The first-order valence-corrected chi connectivity index (χ1v) is 10.3. The zero-order chi connectivity index (χ0) is 23.4. The van der Waals surface area contributed by atoms with E-state index in [1.54, 1.807) is 37.4 Å². The van der Waals surface area contributed by atoms with Gasteiger partial charge in [-0.3, -0.25) is 4.79 Å². The summed E-state index contributed by atoms with van der Waals surface area (Å²) in [6, 6.07) is 7.86. The predicted octanol–water partition coefficient (Wildman–Crippen LogP) is 3.04. The van der Waals surface area contributed by atoms with Gasteiger partial charge >= 0.3 is 6.01 Å². The van der Waals surface area contributed by atoms with Crippen molar-refractivity contribution in [3.8, 4) is 28.7 Å². The fraction of sp³-hybridized carbons (Fsp3) is 0.304. The van der Waals surface area contributed by atoms with Crippen molar-refractivity contribution >= 4 is 5.91 Å². The van der Waals surface area contributed by atoms with Gasteiger partial charge in [0.2, 0.25) is 12.2 Å². The molecule has 4 rings (SSSR count). The first-order valence-electron chi connectivity index (χ1n) is 10.3. The molecule has 3 aromatic rings. The molecular formula is C23H24FN5O4. The van der Waals surface area contributed by atoms with Crippen LogP contribution in [-0.2, 0) is 14.3 Å². The van der Waals surface area contributed by atoms with E-state index in [0.29, 0.717) is 35.0 Å². The third-order valence-electron chi connectivity index (χ3n) is 5.20. The van der Waals surface area contributed by atoms with Crippen LogP contribution in [0, 0.1) is 11.2 Å². The van der Waals surface area contributed by atoms with E-state index >= 15 is 0 Å². The molecule has 0 bridgehead atoms. The average Bonchev–Trinajstić information content (AvgIpc) is 3.29. The SMILES string of the molecule is C=CCNC(=O)C1(C)COC(c2nc(-c3ccc(F)cc3)c(-c3ccnc(OC)n3)[nH]2)OC1. The summed E-state index contributed by atoms with van der Waals surface area (Å²) in [5, 5.41) is 2.77. The summed E-state index contributed by atoms with van der Waals surface area (Å²) in [5.41, 5.74) is 1.48. The highest BCUT2D eigenvalue weighted by atomic mass is 19.1. The zero-order valence-electron chi connectivity index (χ0n) is 18.3. The summed E-state index contributed by atoms with van der Waals surface area (Å²) in [6.45, 7) is 6.02. The normalized spacial score (nSPS) is 20.3. The van der Waals surface area contributed by atoms with E-state index in [1.807, 2.05) is 0 Å². The molecule has 2 aromatic heterocycles. The summed E-state index contributed by atoms with van der Waals surface area (Å²) >= 11 is 0. The number of carbonyl (C=O) groups is 1. The Bertz CT molecular complexity index is 1140. The van der Waals surface area contributed by atoms with Gasteiger partial charge in [0.25, 0.3) is 0 Å². The number of H-pyrrole nitrogens is 1. The maximum absolute atomic E-state index is 13.5. The molecule has 0 atom stereocenters. The number of nitrogens with zero attached hydrogens (tertiary/aromatic N) is 3. The van der Waals surface area contributed by atoms with Gasteiger partial charge in [0, 0.05) is 18.3 Å². The standard InChI is InChI=1S/C23H24FN5O4/c1-4-10-25-21(30)23(2)12-32-20(33-13-23)19-28-17(14-5-7-15(24)8-6-14)18(29-19)16-9-11-26-22(27-16)31-3/h4-9,11,20H,1,10,12-13H2,2-3H3,(H,25,30)(H,28,29). The third-order valence-corrected chi connectivity index (χ3v) is 5.20. The molecule has 172 valence electrons. The summed E-state index contributed by atoms with van der Waals surface area (Å²) in [4.78, 5) is 28.7. The van der Waals surface area contributed by atoms with Crippen molar-refractivity contribution < 1.29 is 23.4 Å². The van der Waals surface area contributed by atoms with Crippen LogP contribution in [0.25, 0.3) is 22.6 Å². The second-order valence-electron chi connectivity index (χ2n) is 7.79. The van der Waals surface area contributed by atoms with Crippen LogP contribution < -0.4 is 10.1 Å². The van der Waals surface area contributed by atoms with Gasteiger partial charge in [-0.25, -0.2) is 14.4 Å². The maximum atomic E-state index is 13.5. The van der Waals surface area contributed by atoms with Crippen molar-refractivity contribution in [1.82, 2.24) is 25.3 Å². The topological polar surface area (TPSA) is 111 Å². The second-order valence-corrected chi connectivity index (χ2v) is 7.79. The van der Waals surface area contributed by atoms with Gasteiger partial charge in [0.15, 0.2) is 5.82 Å². The minimum Gasteiger partial charge on any atom is -0.467 e. The van der Waals surface area contributed by atoms with E-state index in [1.165, 1.54) is 19.2 Å². The summed E-state index contributed by atoms with van der Waals surface area (Å²) < 4.78 is 30.4. The van der Waals surface area contributed by atoms with Gasteiger partial charge in [0.1, 0.15) is 5.82 Å². The summed E-state index contributed by atoms with van der Waals surface area (Å²) in [5.74, 6) is -0.135. The first-order chi connectivity index (χ1) is 15.9. The number of nitrogens with one attached hydrogen (secondary N) is 2. The Morgan fingerprint density at radius 2 is 2.03 bits per heavy atom. The van der Waals surface area contributed by atoms with Gasteiger partial charge in [-0.1, -0.05) is 6.08 Å². The number of benzene rings is 1. The molecule has 0 unspecified atom stereocenters. The lowest BCUT2D eigenvalue weighted by Gasteiger charge is -2.35. The Hall–Kier alpha value is -3.63. The number of amides is 1. The number of halogens is 1. The minimum absolute atomic E-state index is 0.143. The Labute approximate surface area is 190 Å². The quantitative estimate of drug-likeness (QED) is 0.529. The van der Waals surface area contributed by atoms with Gasteiger partial charge in [0.05, 0.1) is 42.8 Å². The minimum atomic E-state index is -0.839. The fourth-order valence-electron chi connectivity index (χ4n) is 3.36. The van der Waals surface area contributed by atoms with Crippen molar-refractivity contribution in [3.05, 3.63) is 60.8 Å². The molecule has 9 nitrogen and oxygen atoms in total. The predicted molar refractivity (Wildman–Crippen MR) is 118 cm³/mol. The van der Waals surface area contributed by atoms with Crippen molar-refractivity contribution in [1.29, 1.82) is 0 Å². The number of rotatable bonds is 7. The second kappa shape index (κ2) is 9.47. The van der Waals surface area contributed by atoms with Crippen LogP contribution in [0.15, 0.2) is 49.2 Å². The zero-order valence-corrected chi connectivity index (χ0v) is 18.3. The molecule has 0 radical (unpaired) electrons.